The van der Waals surface area contributed by atoms with Gasteiger partial charge in [-0.1, -0.05) is 12.2 Å². The van der Waals surface area contributed by atoms with Gasteiger partial charge >= 0.3 is 5.97 Å². The van der Waals surface area contributed by atoms with Crippen molar-refractivity contribution >= 4 is 5.97 Å². The Morgan fingerprint density at radius 2 is 2.00 bits per heavy atom. The van der Waals surface area contributed by atoms with Crippen LogP contribution in [0.1, 0.15) is 45.4 Å². The van der Waals surface area contributed by atoms with Crippen LogP contribution in [0.3, 0.4) is 0 Å². The number of hydrogen-bond donors (Lipinski definition) is 1. The number of hydrogen-bond acceptors (Lipinski definition) is 1. The smallest absolute Gasteiger partial charge is 0.306 e. The van der Waals surface area contributed by atoms with Crippen molar-refractivity contribution in [3.63, 3.8) is 0 Å². The van der Waals surface area contributed by atoms with Gasteiger partial charge in [0.05, 0.1) is 5.92 Å². The zero-order valence-electron chi connectivity index (χ0n) is 8.91. The highest BCUT2D eigenvalue weighted by atomic mass is 16.4. The number of allylic oxidation sites excluding steroid dienone is 2. The highest BCUT2D eigenvalue weighted by Gasteiger charge is 2.25. The number of carbonyl (C=O) groups is 1. The van der Waals surface area contributed by atoms with Crippen molar-refractivity contribution in [3.05, 3.63) is 12.2 Å². The van der Waals surface area contributed by atoms with Gasteiger partial charge in [-0.25, -0.2) is 0 Å². The molecule has 0 heterocycles. The molecule has 0 aromatic heterocycles. The van der Waals surface area contributed by atoms with E-state index in [1.807, 2.05) is 6.92 Å². The third kappa shape index (κ3) is 3.52. The molecule has 0 aliphatic heterocycles. The van der Waals surface area contributed by atoms with E-state index in [1.165, 1.54) is 6.42 Å². The lowest BCUT2D eigenvalue weighted by Gasteiger charge is -2.25. The molecule has 2 nitrogen and oxygen atoms in total. The minimum Gasteiger partial charge on any atom is -0.481 e. The monoisotopic (exact) mass is 196 g/mol. The van der Waals surface area contributed by atoms with Crippen LogP contribution in [0, 0.1) is 11.8 Å². The van der Waals surface area contributed by atoms with Crippen LogP contribution >= 0.6 is 0 Å². The van der Waals surface area contributed by atoms with E-state index in [0.717, 1.165) is 38.0 Å². The summed E-state index contributed by atoms with van der Waals surface area (Å²) in [6.07, 6.45) is 10.6. The van der Waals surface area contributed by atoms with Crippen LogP contribution < -0.4 is 0 Å². The Bertz CT molecular complexity index is 200. The molecule has 1 aliphatic carbocycles. The second-order valence-electron chi connectivity index (χ2n) is 4.20. The molecule has 2 heteroatoms. The zero-order chi connectivity index (χ0) is 10.4. The molecule has 1 saturated carbocycles. The maximum atomic E-state index is 10.7. The first kappa shape index (κ1) is 11.3. The van der Waals surface area contributed by atoms with Gasteiger partial charge < -0.3 is 5.11 Å². The Balaban J connectivity index is 2.18. The van der Waals surface area contributed by atoms with E-state index in [9.17, 15) is 4.79 Å². The minimum atomic E-state index is -0.600. The fourth-order valence-electron chi connectivity index (χ4n) is 2.20. The molecular weight excluding hydrogens is 176 g/mol. The van der Waals surface area contributed by atoms with Crippen LogP contribution in [0.15, 0.2) is 12.2 Å². The second-order valence-corrected chi connectivity index (χ2v) is 4.20. The zero-order valence-corrected chi connectivity index (χ0v) is 8.91. The van der Waals surface area contributed by atoms with Crippen molar-refractivity contribution in [2.75, 3.05) is 0 Å². The van der Waals surface area contributed by atoms with Crippen LogP contribution in [0.5, 0.6) is 0 Å². The molecule has 14 heavy (non-hydrogen) atoms. The number of carboxylic acid groups (broad SMARTS) is 1. The lowest BCUT2D eigenvalue weighted by Crippen LogP contribution is -2.21. The molecule has 0 spiro atoms. The minimum absolute atomic E-state index is 0.0621. The number of rotatable bonds is 4. The quantitative estimate of drug-likeness (QED) is 0.701. The van der Waals surface area contributed by atoms with Crippen molar-refractivity contribution < 1.29 is 9.90 Å². The summed E-state index contributed by atoms with van der Waals surface area (Å²) in [6, 6.07) is 0. The summed E-state index contributed by atoms with van der Waals surface area (Å²) in [7, 11) is 0. The van der Waals surface area contributed by atoms with E-state index in [4.69, 9.17) is 5.11 Å². The van der Waals surface area contributed by atoms with Gasteiger partial charge in [0.25, 0.3) is 0 Å². The summed E-state index contributed by atoms with van der Waals surface area (Å²) in [5.74, 6) is 0.103. The molecule has 0 unspecified atom stereocenters. The van der Waals surface area contributed by atoms with E-state index in [-0.39, 0.29) is 5.92 Å². The van der Waals surface area contributed by atoms with Gasteiger partial charge in [0, 0.05) is 0 Å². The first-order valence-electron chi connectivity index (χ1n) is 5.58. The van der Waals surface area contributed by atoms with E-state index in [2.05, 4.69) is 12.2 Å². The normalized spacial score (nSPS) is 28.1. The van der Waals surface area contributed by atoms with Crippen LogP contribution in [0.2, 0.25) is 0 Å². The third-order valence-electron chi connectivity index (χ3n) is 3.17. The van der Waals surface area contributed by atoms with Crippen molar-refractivity contribution in [2.24, 2.45) is 11.8 Å². The Morgan fingerprint density at radius 3 is 2.50 bits per heavy atom. The van der Waals surface area contributed by atoms with Crippen molar-refractivity contribution in [3.8, 4) is 0 Å². The molecule has 1 rings (SSSR count). The predicted molar refractivity (Wildman–Crippen MR) is 57.1 cm³/mol. The van der Waals surface area contributed by atoms with E-state index in [0.29, 0.717) is 0 Å². The fraction of sp³-hybridized carbons (Fsp3) is 0.750. The highest BCUT2D eigenvalue weighted by Crippen LogP contribution is 2.31. The molecular formula is C12H20O2. The Hall–Kier alpha value is -0.790. The number of aliphatic carboxylic acids is 1. The summed E-state index contributed by atoms with van der Waals surface area (Å²) in [6.45, 7) is 2.04. The topological polar surface area (TPSA) is 37.3 Å². The molecule has 1 fully saturated rings. The Morgan fingerprint density at radius 1 is 1.36 bits per heavy atom. The molecule has 1 aliphatic rings. The lowest BCUT2D eigenvalue weighted by atomic mass is 9.80. The summed E-state index contributed by atoms with van der Waals surface area (Å²) in [5.41, 5.74) is 0. The van der Waals surface area contributed by atoms with Gasteiger partial charge in [-0.05, 0) is 51.4 Å². The molecule has 0 saturated heterocycles. The average molecular weight is 196 g/mol. The first-order valence-corrected chi connectivity index (χ1v) is 5.58. The Kier molecular flexibility index (Phi) is 4.71. The van der Waals surface area contributed by atoms with Crippen molar-refractivity contribution in [2.45, 2.75) is 45.4 Å². The molecule has 80 valence electrons. The summed E-state index contributed by atoms with van der Waals surface area (Å²) >= 11 is 0. The largest absolute Gasteiger partial charge is 0.481 e. The van der Waals surface area contributed by atoms with E-state index in [1.54, 1.807) is 0 Å². The molecule has 0 amide bonds. The summed E-state index contributed by atoms with van der Waals surface area (Å²) in [5, 5.41) is 8.83. The van der Waals surface area contributed by atoms with Crippen LogP contribution in [-0.2, 0) is 4.79 Å². The predicted octanol–water partition coefficient (Wildman–Crippen LogP) is 3.23. The second kappa shape index (κ2) is 5.84. The van der Waals surface area contributed by atoms with Crippen molar-refractivity contribution in [1.82, 2.24) is 0 Å². The molecule has 0 aromatic carbocycles. The molecule has 0 radical (unpaired) electrons. The lowest BCUT2D eigenvalue weighted by molar-refractivity contribution is -0.143. The van der Waals surface area contributed by atoms with Crippen LogP contribution in [0.4, 0.5) is 0 Å². The van der Waals surface area contributed by atoms with Crippen LogP contribution in [-0.4, -0.2) is 11.1 Å². The molecule has 0 atom stereocenters. The van der Waals surface area contributed by atoms with Gasteiger partial charge in [-0.2, -0.15) is 0 Å². The van der Waals surface area contributed by atoms with Gasteiger partial charge in [-0.3, -0.25) is 4.79 Å². The maximum Gasteiger partial charge on any atom is 0.306 e. The van der Waals surface area contributed by atoms with Gasteiger partial charge in [0.15, 0.2) is 0 Å². The Labute approximate surface area is 86.0 Å². The van der Waals surface area contributed by atoms with Gasteiger partial charge in [0.1, 0.15) is 0 Å². The van der Waals surface area contributed by atoms with Crippen molar-refractivity contribution in [1.29, 1.82) is 0 Å². The fourth-order valence-corrected chi connectivity index (χ4v) is 2.20. The average Bonchev–Trinajstić information content (AvgIpc) is 2.19. The van der Waals surface area contributed by atoms with Gasteiger partial charge in [-0.15, -0.1) is 0 Å². The maximum absolute atomic E-state index is 10.7. The summed E-state index contributed by atoms with van der Waals surface area (Å²) < 4.78 is 0. The highest BCUT2D eigenvalue weighted by molar-refractivity contribution is 5.69. The van der Waals surface area contributed by atoms with E-state index < -0.39 is 5.97 Å². The van der Waals surface area contributed by atoms with Crippen LogP contribution in [0.25, 0.3) is 0 Å². The molecule has 1 N–H and O–H groups in total. The third-order valence-corrected chi connectivity index (χ3v) is 3.17. The molecule has 0 aromatic rings. The summed E-state index contributed by atoms with van der Waals surface area (Å²) in [4.78, 5) is 10.7. The van der Waals surface area contributed by atoms with Gasteiger partial charge in [0.2, 0.25) is 0 Å². The van der Waals surface area contributed by atoms with E-state index >= 15 is 0 Å². The first-order chi connectivity index (χ1) is 6.74. The molecule has 0 bridgehead atoms. The SMILES string of the molecule is CC=CCC[C@H]1CC[C@@H](C(=O)O)CC1. The number of carboxylic acids is 1. The standard InChI is InChI=1S/C12H20O2/c1-2-3-4-5-10-6-8-11(9-7-10)12(13)14/h2-3,10-11H,4-9H2,1H3,(H,13,14)/t10-,11+.